The number of rotatable bonds is 3. The first kappa shape index (κ1) is 10.4. The van der Waals surface area contributed by atoms with Gasteiger partial charge in [-0.05, 0) is 30.7 Å². The van der Waals surface area contributed by atoms with Crippen LogP contribution in [0.2, 0.25) is 0 Å². The van der Waals surface area contributed by atoms with Crippen molar-refractivity contribution in [1.82, 2.24) is 0 Å². The molecule has 4 N–H and O–H groups in total. The van der Waals surface area contributed by atoms with Gasteiger partial charge < -0.3 is 20.7 Å². The van der Waals surface area contributed by atoms with Crippen molar-refractivity contribution < 1.29 is 14.9 Å². The van der Waals surface area contributed by atoms with Crippen LogP contribution in [-0.4, -0.2) is 35.8 Å². The third-order valence-corrected chi connectivity index (χ3v) is 2.09. The number of aliphatic hydroxyl groups is 2. The third-order valence-electron chi connectivity index (χ3n) is 2.09. The van der Waals surface area contributed by atoms with Crippen LogP contribution in [0.25, 0.3) is 0 Å². The highest BCUT2D eigenvalue weighted by Crippen LogP contribution is 2.23. The van der Waals surface area contributed by atoms with Gasteiger partial charge in [0.05, 0.1) is 0 Å². The van der Waals surface area contributed by atoms with Gasteiger partial charge in [0.2, 0.25) is 5.79 Å². The smallest absolute Gasteiger partial charge is 0.215 e. The van der Waals surface area contributed by atoms with E-state index < -0.39 is 11.9 Å². The molecule has 0 aromatic heterocycles. The average molecular weight is 185 g/mol. The summed E-state index contributed by atoms with van der Waals surface area (Å²) in [4.78, 5) is 0. The maximum absolute atomic E-state index is 9.60. The minimum absolute atomic E-state index is 0.522. The predicted molar refractivity (Wildman–Crippen MR) is 48.9 cm³/mol. The Morgan fingerprint density at radius 1 is 1.69 bits per heavy atom. The standard InChI is InChI=1S/C9H15NO3/c1-13-9(12)4-2-7(3-5-10)6-8(9)11/h2,4,6,8,11-12H,3,5,10H2,1H3. The average Bonchev–Trinajstić information content (AvgIpc) is 2.12. The summed E-state index contributed by atoms with van der Waals surface area (Å²) < 4.78 is 4.76. The number of ether oxygens (including phenoxy) is 1. The van der Waals surface area contributed by atoms with E-state index in [-0.39, 0.29) is 0 Å². The Hall–Kier alpha value is -0.680. The second-order valence-corrected chi connectivity index (χ2v) is 3.01. The van der Waals surface area contributed by atoms with Crippen molar-refractivity contribution in [3.05, 3.63) is 23.8 Å². The van der Waals surface area contributed by atoms with Gasteiger partial charge in [0.15, 0.2) is 0 Å². The first-order valence-corrected chi connectivity index (χ1v) is 4.18. The van der Waals surface area contributed by atoms with Gasteiger partial charge in [0.25, 0.3) is 0 Å². The van der Waals surface area contributed by atoms with Crippen molar-refractivity contribution in [1.29, 1.82) is 0 Å². The molecule has 0 amide bonds. The summed E-state index contributed by atoms with van der Waals surface area (Å²) in [5.41, 5.74) is 6.27. The van der Waals surface area contributed by atoms with Gasteiger partial charge in [-0.3, -0.25) is 0 Å². The van der Waals surface area contributed by atoms with Crippen LogP contribution >= 0.6 is 0 Å². The number of nitrogens with two attached hydrogens (primary N) is 1. The summed E-state index contributed by atoms with van der Waals surface area (Å²) in [5.74, 6) is -1.59. The Morgan fingerprint density at radius 2 is 2.38 bits per heavy atom. The maximum Gasteiger partial charge on any atom is 0.215 e. The minimum atomic E-state index is -1.59. The molecule has 1 aliphatic carbocycles. The topological polar surface area (TPSA) is 75.7 Å². The van der Waals surface area contributed by atoms with E-state index in [0.29, 0.717) is 13.0 Å². The highest BCUT2D eigenvalue weighted by atomic mass is 16.6. The summed E-state index contributed by atoms with van der Waals surface area (Å²) in [6, 6.07) is 0. The second kappa shape index (κ2) is 4.02. The summed E-state index contributed by atoms with van der Waals surface area (Å²) in [6.07, 6.45) is 4.36. The maximum atomic E-state index is 9.60. The largest absolute Gasteiger partial charge is 0.383 e. The SMILES string of the molecule is COC1(O)C=CC(CCN)=CC1O. The Kier molecular flexibility index (Phi) is 3.22. The van der Waals surface area contributed by atoms with E-state index >= 15 is 0 Å². The van der Waals surface area contributed by atoms with E-state index in [1.54, 1.807) is 12.2 Å². The Balaban J connectivity index is 2.72. The summed E-state index contributed by atoms with van der Waals surface area (Å²) in [6.45, 7) is 0.522. The number of allylic oxidation sites excluding steroid dienone is 1. The molecule has 0 radical (unpaired) electrons. The molecule has 2 unspecified atom stereocenters. The lowest BCUT2D eigenvalue weighted by Gasteiger charge is -2.29. The van der Waals surface area contributed by atoms with Crippen LogP contribution in [0.1, 0.15) is 6.42 Å². The monoisotopic (exact) mass is 185 g/mol. The number of aliphatic hydroxyl groups excluding tert-OH is 1. The van der Waals surface area contributed by atoms with Crippen LogP contribution in [0.15, 0.2) is 23.8 Å². The van der Waals surface area contributed by atoms with Gasteiger partial charge in [-0.1, -0.05) is 6.08 Å². The molecule has 0 fully saturated rings. The molecule has 0 saturated carbocycles. The fourth-order valence-corrected chi connectivity index (χ4v) is 1.22. The summed E-state index contributed by atoms with van der Waals surface area (Å²) in [7, 11) is 1.34. The number of hydrogen-bond acceptors (Lipinski definition) is 4. The van der Waals surface area contributed by atoms with Gasteiger partial charge in [-0.15, -0.1) is 0 Å². The lowest BCUT2D eigenvalue weighted by atomic mass is 9.97. The quantitative estimate of drug-likeness (QED) is 0.519. The van der Waals surface area contributed by atoms with Crippen LogP contribution in [0.5, 0.6) is 0 Å². The third kappa shape index (κ3) is 2.16. The molecule has 2 atom stereocenters. The van der Waals surface area contributed by atoms with Gasteiger partial charge in [0, 0.05) is 7.11 Å². The molecule has 13 heavy (non-hydrogen) atoms. The van der Waals surface area contributed by atoms with Gasteiger partial charge in [-0.25, -0.2) is 0 Å². The summed E-state index contributed by atoms with van der Waals surface area (Å²) >= 11 is 0. The minimum Gasteiger partial charge on any atom is -0.383 e. The Morgan fingerprint density at radius 3 is 2.85 bits per heavy atom. The van der Waals surface area contributed by atoms with Crippen LogP contribution < -0.4 is 5.73 Å². The predicted octanol–water partition coefficient (Wildman–Crippen LogP) is -0.473. The number of methoxy groups -OCH3 is 1. The van der Waals surface area contributed by atoms with E-state index in [0.717, 1.165) is 5.57 Å². The van der Waals surface area contributed by atoms with Crippen molar-refractivity contribution in [2.75, 3.05) is 13.7 Å². The summed E-state index contributed by atoms with van der Waals surface area (Å²) in [5, 5.41) is 19.1. The van der Waals surface area contributed by atoms with Crippen molar-refractivity contribution in [2.45, 2.75) is 18.3 Å². The first-order chi connectivity index (χ1) is 6.12. The van der Waals surface area contributed by atoms with Gasteiger partial charge >= 0.3 is 0 Å². The fraction of sp³-hybridized carbons (Fsp3) is 0.556. The molecule has 0 aliphatic heterocycles. The lowest BCUT2D eigenvalue weighted by Crippen LogP contribution is -2.42. The Labute approximate surface area is 77.3 Å². The van der Waals surface area contributed by atoms with E-state index in [4.69, 9.17) is 10.5 Å². The highest BCUT2D eigenvalue weighted by molar-refractivity contribution is 5.29. The molecule has 0 aromatic rings. The van der Waals surface area contributed by atoms with E-state index in [1.165, 1.54) is 13.2 Å². The van der Waals surface area contributed by atoms with E-state index in [9.17, 15) is 10.2 Å². The van der Waals surface area contributed by atoms with Crippen molar-refractivity contribution in [3.63, 3.8) is 0 Å². The van der Waals surface area contributed by atoms with Crippen LogP contribution in [0, 0.1) is 0 Å². The van der Waals surface area contributed by atoms with E-state index in [1.807, 2.05) is 0 Å². The molecule has 0 spiro atoms. The molecule has 0 bridgehead atoms. The molecule has 4 heteroatoms. The van der Waals surface area contributed by atoms with Crippen molar-refractivity contribution in [2.24, 2.45) is 5.73 Å². The van der Waals surface area contributed by atoms with E-state index in [2.05, 4.69) is 0 Å². The molecular formula is C9H15NO3. The molecule has 0 saturated heterocycles. The van der Waals surface area contributed by atoms with Gasteiger partial charge in [0.1, 0.15) is 6.10 Å². The van der Waals surface area contributed by atoms with Crippen molar-refractivity contribution >= 4 is 0 Å². The molecule has 4 nitrogen and oxygen atoms in total. The lowest BCUT2D eigenvalue weighted by molar-refractivity contribution is -0.195. The zero-order chi connectivity index (χ0) is 9.90. The highest BCUT2D eigenvalue weighted by Gasteiger charge is 2.33. The fourth-order valence-electron chi connectivity index (χ4n) is 1.22. The molecular weight excluding hydrogens is 170 g/mol. The Bertz CT molecular complexity index is 237. The molecule has 0 heterocycles. The molecule has 1 aliphatic rings. The number of hydrogen-bond donors (Lipinski definition) is 3. The zero-order valence-electron chi connectivity index (χ0n) is 7.60. The molecule has 0 aromatic carbocycles. The van der Waals surface area contributed by atoms with Crippen LogP contribution in [0.4, 0.5) is 0 Å². The first-order valence-electron chi connectivity index (χ1n) is 4.18. The zero-order valence-corrected chi connectivity index (χ0v) is 7.60. The van der Waals surface area contributed by atoms with Crippen molar-refractivity contribution in [3.8, 4) is 0 Å². The molecule has 1 rings (SSSR count). The van der Waals surface area contributed by atoms with Gasteiger partial charge in [-0.2, -0.15) is 0 Å². The second-order valence-electron chi connectivity index (χ2n) is 3.01. The van der Waals surface area contributed by atoms with Crippen LogP contribution in [0.3, 0.4) is 0 Å². The van der Waals surface area contributed by atoms with Crippen LogP contribution in [-0.2, 0) is 4.74 Å². The molecule has 74 valence electrons. The normalized spacial score (nSPS) is 33.2.